The van der Waals surface area contributed by atoms with Gasteiger partial charge in [-0.25, -0.2) is 0 Å². The van der Waals surface area contributed by atoms with Crippen molar-refractivity contribution in [3.63, 3.8) is 0 Å². The average molecular weight is 224 g/mol. The molecule has 3 nitrogen and oxygen atoms in total. The number of methoxy groups -OCH3 is 1. The smallest absolute Gasteiger partial charge is 0.160 e. The van der Waals surface area contributed by atoms with Crippen molar-refractivity contribution in [3.05, 3.63) is 0 Å². The molecular weight excluding hydrogens is 208 g/mol. The molecule has 0 aromatic heterocycles. The van der Waals surface area contributed by atoms with Gasteiger partial charge in [-0.05, 0) is 13.2 Å². The lowest BCUT2D eigenvalue weighted by Crippen LogP contribution is -2.26. The van der Waals surface area contributed by atoms with E-state index in [1.165, 1.54) is 14.0 Å². The fourth-order valence-electron chi connectivity index (χ4n) is 0.718. The molecule has 5 heteroatoms. The summed E-state index contributed by atoms with van der Waals surface area (Å²) in [6, 6.07) is 0. The van der Waals surface area contributed by atoms with Crippen molar-refractivity contribution in [2.75, 3.05) is 32.3 Å². The number of carbonyl (C=O) groups is 1. The summed E-state index contributed by atoms with van der Waals surface area (Å²) < 4.78 is 10.2. The molecule has 0 radical (unpaired) electrons. The Hall–Kier alpha value is 0.290. The van der Waals surface area contributed by atoms with Crippen LogP contribution in [-0.2, 0) is 14.3 Å². The van der Waals surface area contributed by atoms with Crippen molar-refractivity contribution in [3.8, 4) is 0 Å². The van der Waals surface area contributed by atoms with E-state index in [1.807, 2.05) is 6.26 Å². The first kappa shape index (κ1) is 13.3. The maximum absolute atomic E-state index is 10.9. The van der Waals surface area contributed by atoms with Crippen LogP contribution in [0.2, 0.25) is 0 Å². The Bertz CT molecular complexity index is 141. The van der Waals surface area contributed by atoms with Crippen LogP contribution < -0.4 is 0 Å². The first-order valence-electron chi connectivity index (χ1n) is 3.99. The van der Waals surface area contributed by atoms with Crippen LogP contribution in [0.4, 0.5) is 0 Å². The van der Waals surface area contributed by atoms with E-state index in [0.29, 0.717) is 13.2 Å². The minimum Gasteiger partial charge on any atom is -0.377 e. The Morgan fingerprint density at radius 3 is 2.69 bits per heavy atom. The van der Waals surface area contributed by atoms with E-state index in [1.54, 1.807) is 21.6 Å². The van der Waals surface area contributed by atoms with Gasteiger partial charge in [-0.3, -0.25) is 4.79 Å². The summed E-state index contributed by atoms with van der Waals surface area (Å²) in [5.41, 5.74) is 0. The van der Waals surface area contributed by atoms with Crippen LogP contribution in [0.1, 0.15) is 6.92 Å². The molecule has 0 rings (SSSR count). The molecule has 0 bridgehead atoms. The van der Waals surface area contributed by atoms with Gasteiger partial charge in [0.05, 0.1) is 13.2 Å². The number of rotatable bonds is 8. The van der Waals surface area contributed by atoms with Crippen LogP contribution in [-0.4, -0.2) is 44.2 Å². The number of Topliss-reactive ketones (excluding diaryl/α,β-unsaturated/α-hetero) is 1. The van der Waals surface area contributed by atoms with E-state index < -0.39 is 6.10 Å². The summed E-state index contributed by atoms with van der Waals surface area (Å²) in [6.07, 6.45) is 1.62. The fraction of sp³-hybridized carbons (Fsp3) is 0.875. The lowest BCUT2D eigenvalue weighted by molar-refractivity contribution is -0.129. The van der Waals surface area contributed by atoms with Crippen LogP contribution in [0.5, 0.6) is 0 Å². The highest BCUT2D eigenvalue weighted by molar-refractivity contribution is 8.76. The molecule has 1 unspecified atom stereocenters. The van der Waals surface area contributed by atoms with Gasteiger partial charge in [0.15, 0.2) is 5.78 Å². The topological polar surface area (TPSA) is 35.5 Å². The minimum absolute atomic E-state index is 0.0139. The number of carbonyl (C=O) groups excluding carboxylic acids is 1. The van der Waals surface area contributed by atoms with Gasteiger partial charge < -0.3 is 9.47 Å². The van der Waals surface area contributed by atoms with Crippen molar-refractivity contribution in [1.29, 1.82) is 0 Å². The van der Waals surface area contributed by atoms with Gasteiger partial charge >= 0.3 is 0 Å². The van der Waals surface area contributed by atoms with Gasteiger partial charge in [-0.2, -0.15) is 0 Å². The van der Waals surface area contributed by atoms with Crippen molar-refractivity contribution in [2.24, 2.45) is 0 Å². The zero-order chi connectivity index (χ0) is 10.1. The Labute approximate surface area is 87.3 Å². The summed E-state index contributed by atoms with van der Waals surface area (Å²) in [5.74, 6) is 0.954. The van der Waals surface area contributed by atoms with Gasteiger partial charge in [0.25, 0.3) is 0 Å². The molecule has 1 atom stereocenters. The first-order valence-corrected chi connectivity index (χ1v) is 6.71. The summed E-state index contributed by atoms with van der Waals surface area (Å²) in [5, 5.41) is 0. The van der Waals surface area contributed by atoms with Gasteiger partial charge in [0, 0.05) is 12.9 Å². The number of ketones is 1. The molecule has 0 aliphatic rings. The molecule has 78 valence electrons. The van der Waals surface area contributed by atoms with Gasteiger partial charge in [0.2, 0.25) is 0 Å². The Balaban J connectivity index is 3.33. The van der Waals surface area contributed by atoms with Crippen molar-refractivity contribution in [1.82, 2.24) is 0 Å². The van der Waals surface area contributed by atoms with Gasteiger partial charge in [-0.1, -0.05) is 21.6 Å². The standard InChI is InChI=1S/C8H16O3S2/c1-7(9)8(10-2)6-11-4-5-13-12-3/h8H,4-6H2,1-3H3. The third-order valence-corrected chi connectivity index (χ3v) is 3.21. The zero-order valence-corrected chi connectivity index (χ0v) is 9.87. The third kappa shape index (κ3) is 7.37. The minimum atomic E-state index is -0.403. The predicted molar refractivity (Wildman–Crippen MR) is 58.3 cm³/mol. The summed E-state index contributed by atoms with van der Waals surface area (Å²) >= 11 is 0. The molecule has 0 saturated heterocycles. The predicted octanol–water partition coefficient (Wildman–Crippen LogP) is 1.62. The molecule has 0 aromatic carbocycles. The molecule has 0 heterocycles. The molecular formula is C8H16O3S2. The highest BCUT2D eigenvalue weighted by Gasteiger charge is 2.12. The monoisotopic (exact) mass is 224 g/mol. The molecule has 0 aliphatic heterocycles. The zero-order valence-electron chi connectivity index (χ0n) is 8.24. The number of ether oxygens (including phenoxy) is 2. The number of hydrogen-bond acceptors (Lipinski definition) is 5. The fourth-order valence-corrected chi connectivity index (χ4v) is 1.77. The van der Waals surface area contributed by atoms with E-state index in [0.717, 1.165) is 5.75 Å². The Kier molecular flexibility index (Phi) is 9.07. The second-order valence-corrected chi connectivity index (χ2v) is 5.08. The maximum atomic E-state index is 10.9. The largest absolute Gasteiger partial charge is 0.377 e. The van der Waals surface area contributed by atoms with Crippen molar-refractivity contribution < 1.29 is 14.3 Å². The van der Waals surface area contributed by atoms with Crippen LogP contribution in [0.15, 0.2) is 0 Å². The first-order chi connectivity index (χ1) is 6.22. The molecule has 0 amide bonds. The lowest BCUT2D eigenvalue weighted by Gasteiger charge is -2.11. The molecule has 13 heavy (non-hydrogen) atoms. The molecule has 0 aromatic rings. The van der Waals surface area contributed by atoms with E-state index in [-0.39, 0.29) is 5.78 Å². The second kappa shape index (κ2) is 8.87. The second-order valence-electron chi connectivity index (χ2n) is 2.40. The number of hydrogen-bond donors (Lipinski definition) is 0. The summed E-state index contributed by atoms with van der Waals surface area (Å²) in [4.78, 5) is 10.9. The lowest BCUT2D eigenvalue weighted by atomic mass is 10.3. The molecule has 0 N–H and O–H groups in total. The van der Waals surface area contributed by atoms with Crippen LogP contribution in [0, 0.1) is 0 Å². The Morgan fingerprint density at radius 2 is 2.23 bits per heavy atom. The highest BCUT2D eigenvalue weighted by Crippen LogP contribution is 2.15. The van der Waals surface area contributed by atoms with Crippen molar-refractivity contribution >= 4 is 27.4 Å². The van der Waals surface area contributed by atoms with E-state index in [9.17, 15) is 4.79 Å². The SMILES string of the molecule is COC(COCCSSC)C(C)=O. The molecule has 0 saturated carbocycles. The molecule has 0 spiro atoms. The normalized spacial score (nSPS) is 12.8. The average Bonchev–Trinajstić information content (AvgIpc) is 2.10. The van der Waals surface area contributed by atoms with Crippen LogP contribution in [0.25, 0.3) is 0 Å². The highest BCUT2D eigenvalue weighted by atomic mass is 33.1. The van der Waals surface area contributed by atoms with Gasteiger partial charge in [0.1, 0.15) is 6.10 Å². The van der Waals surface area contributed by atoms with E-state index in [2.05, 4.69) is 0 Å². The maximum Gasteiger partial charge on any atom is 0.160 e. The van der Waals surface area contributed by atoms with E-state index in [4.69, 9.17) is 9.47 Å². The molecule has 0 aliphatic carbocycles. The van der Waals surface area contributed by atoms with Crippen molar-refractivity contribution in [2.45, 2.75) is 13.0 Å². The molecule has 0 fully saturated rings. The Morgan fingerprint density at radius 1 is 1.54 bits per heavy atom. The van der Waals surface area contributed by atoms with E-state index >= 15 is 0 Å². The summed E-state index contributed by atoms with van der Waals surface area (Å²) in [6.45, 7) is 2.54. The summed E-state index contributed by atoms with van der Waals surface area (Å²) in [7, 11) is 4.97. The van der Waals surface area contributed by atoms with Crippen LogP contribution in [0.3, 0.4) is 0 Å². The van der Waals surface area contributed by atoms with Gasteiger partial charge in [-0.15, -0.1) is 0 Å². The van der Waals surface area contributed by atoms with Crippen LogP contribution >= 0.6 is 21.6 Å². The third-order valence-electron chi connectivity index (χ3n) is 1.44. The quantitative estimate of drug-likeness (QED) is 0.462.